The highest BCUT2D eigenvalue weighted by Crippen LogP contribution is 2.24. The summed E-state index contributed by atoms with van der Waals surface area (Å²) >= 11 is 0. The monoisotopic (exact) mass is 337 g/mol. The Hall–Kier alpha value is -2.46. The van der Waals surface area contributed by atoms with Gasteiger partial charge < -0.3 is 4.74 Å². The van der Waals surface area contributed by atoms with Crippen LogP contribution in [0.1, 0.15) is 39.1 Å². The summed E-state index contributed by atoms with van der Waals surface area (Å²) in [6, 6.07) is 15.1. The average Bonchev–Trinajstić information content (AvgIpc) is 2.69. The van der Waals surface area contributed by atoms with Crippen LogP contribution in [-0.2, 0) is 6.54 Å². The fourth-order valence-electron chi connectivity index (χ4n) is 3.30. The smallest absolute Gasteiger partial charge is 0.166 e. The van der Waals surface area contributed by atoms with Crippen LogP contribution in [0.2, 0.25) is 0 Å². The highest BCUT2D eigenvalue weighted by atomic mass is 16.5. The Labute approximate surface area is 148 Å². The van der Waals surface area contributed by atoms with E-state index in [1.165, 1.54) is 5.56 Å². The molecule has 0 amide bonds. The first kappa shape index (κ1) is 17.4. The fraction of sp³-hybridized carbons (Fsp3) is 0.333. The first-order valence-corrected chi connectivity index (χ1v) is 8.64. The molecule has 130 valence electrons. The van der Waals surface area contributed by atoms with Crippen molar-refractivity contribution in [3.8, 4) is 5.75 Å². The number of ketones is 1. The van der Waals surface area contributed by atoms with Crippen molar-refractivity contribution in [2.24, 2.45) is 5.92 Å². The maximum atomic E-state index is 12.6. The Morgan fingerprint density at radius 3 is 2.28 bits per heavy atom. The Morgan fingerprint density at radius 1 is 1.08 bits per heavy atom. The molecule has 1 heterocycles. The molecule has 0 aliphatic carbocycles. The molecular weight excluding hydrogens is 314 g/mol. The van der Waals surface area contributed by atoms with Crippen LogP contribution >= 0.6 is 0 Å². The summed E-state index contributed by atoms with van der Waals surface area (Å²) in [5.41, 5.74) is 2.67. The van der Waals surface area contributed by atoms with Crippen LogP contribution < -0.4 is 4.74 Å². The van der Waals surface area contributed by atoms with Gasteiger partial charge in [-0.05, 0) is 55.8 Å². The van der Waals surface area contributed by atoms with E-state index in [0.717, 1.165) is 50.1 Å². The Bertz CT molecular complexity index is 714. The molecule has 1 aliphatic heterocycles. The molecule has 0 bridgehead atoms. The van der Waals surface area contributed by atoms with E-state index < -0.39 is 0 Å². The number of rotatable bonds is 6. The van der Waals surface area contributed by atoms with Crippen molar-refractivity contribution in [3.63, 3.8) is 0 Å². The highest BCUT2D eigenvalue weighted by molar-refractivity contribution is 5.98. The molecule has 0 saturated carbocycles. The lowest BCUT2D eigenvalue weighted by Gasteiger charge is -2.31. The molecule has 3 rings (SSSR count). The molecule has 0 unspecified atom stereocenters. The summed E-state index contributed by atoms with van der Waals surface area (Å²) in [5.74, 6) is 1.10. The second kappa shape index (κ2) is 8.08. The van der Waals surface area contributed by atoms with E-state index in [1.807, 2.05) is 48.5 Å². The third-order valence-corrected chi connectivity index (χ3v) is 4.85. The van der Waals surface area contributed by atoms with Gasteiger partial charge in [0.25, 0.3) is 0 Å². The predicted molar refractivity (Wildman–Crippen MR) is 97.2 cm³/mol. The number of hydrogen-bond acceptors (Lipinski definition) is 4. The van der Waals surface area contributed by atoms with Crippen LogP contribution in [0.25, 0.3) is 0 Å². The van der Waals surface area contributed by atoms with E-state index in [2.05, 4.69) is 4.90 Å². The maximum Gasteiger partial charge on any atom is 0.166 e. The predicted octanol–water partition coefficient (Wildman–Crippen LogP) is 3.60. The number of methoxy groups -OCH3 is 1. The summed E-state index contributed by atoms with van der Waals surface area (Å²) in [7, 11) is 1.62. The normalized spacial score (nSPS) is 15.7. The van der Waals surface area contributed by atoms with Gasteiger partial charge in [0.1, 0.15) is 12.0 Å². The lowest BCUT2D eigenvalue weighted by molar-refractivity contribution is 0.0834. The summed E-state index contributed by atoms with van der Waals surface area (Å²) in [6.45, 7) is 2.70. The van der Waals surface area contributed by atoms with Crippen LogP contribution in [0, 0.1) is 5.92 Å². The molecule has 0 atom stereocenters. The van der Waals surface area contributed by atoms with Crippen molar-refractivity contribution in [2.75, 3.05) is 20.2 Å². The van der Waals surface area contributed by atoms with Crippen LogP contribution in [0.4, 0.5) is 0 Å². The molecule has 1 saturated heterocycles. The van der Waals surface area contributed by atoms with E-state index in [4.69, 9.17) is 4.74 Å². The molecule has 2 aromatic carbocycles. The van der Waals surface area contributed by atoms with E-state index in [0.29, 0.717) is 5.56 Å². The lowest BCUT2D eigenvalue weighted by atomic mass is 9.88. The van der Waals surface area contributed by atoms with Gasteiger partial charge in [-0.25, -0.2) is 0 Å². The lowest BCUT2D eigenvalue weighted by Crippen LogP contribution is -2.35. The molecule has 0 radical (unpaired) electrons. The third kappa shape index (κ3) is 4.34. The summed E-state index contributed by atoms with van der Waals surface area (Å²) < 4.78 is 5.14. The zero-order chi connectivity index (χ0) is 17.6. The van der Waals surface area contributed by atoms with Gasteiger partial charge in [0.05, 0.1) is 7.11 Å². The first-order valence-electron chi connectivity index (χ1n) is 8.64. The number of carbonyl (C=O) groups is 2. The number of nitrogens with zero attached hydrogens (tertiary/aromatic N) is 1. The number of ether oxygens (including phenoxy) is 1. The van der Waals surface area contributed by atoms with Gasteiger partial charge in [-0.1, -0.05) is 24.3 Å². The van der Waals surface area contributed by atoms with Crippen molar-refractivity contribution in [3.05, 3.63) is 65.2 Å². The van der Waals surface area contributed by atoms with Crippen LogP contribution in [-0.4, -0.2) is 37.2 Å². The number of hydrogen-bond donors (Lipinski definition) is 0. The molecular formula is C21H23NO3. The minimum Gasteiger partial charge on any atom is -0.497 e. The first-order chi connectivity index (χ1) is 12.2. The van der Waals surface area contributed by atoms with Crippen molar-refractivity contribution in [2.45, 2.75) is 19.4 Å². The number of piperidine rings is 1. The number of Topliss-reactive ketones (excluding diaryl/α,β-unsaturated/α-hetero) is 1. The highest BCUT2D eigenvalue weighted by Gasteiger charge is 2.25. The van der Waals surface area contributed by atoms with Crippen molar-refractivity contribution in [1.82, 2.24) is 4.90 Å². The minimum absolute atomic E-state index is 0.0992. The Balaban J connectivity index is 1.53. The van der Waals surface area contributed by atoms with Gasteiger partial charge in [0.15, 0.2) is 5.78 Å². The molecule has 0 N–H and O–H groups in total. The number of likely N-dealkylation sites (tertiary alicyclic amines) is 1. The largest absolute Gasteiger partial charge is 0.497 e. The molecule has 0 aromatic heterocycles. The Morgan fingerprint density at radius 2 is 1.72 bits per heavy atom. The van der Waals surface area contributed by atoms with Gasteiger partial charge in [-0.2, -0.15) is 0 Å². The SMILES string of the molecule is COc1ccc(C(=O)C2CCN(Cc3ccc(C=O)cc3)CC2)cc1. The topological polar surface area (TPSA) is 46.6 Å². The van der Waals surface area contributed by atoms with E-state index >= 15 is 0 Å². The van der Waals surface area contributed by atoms with Gasteiger partial charge in [0, 0.05) is 23.6 Å². The standard InChI is InChI=1S/C21H23NO3/c1-25-20-8-6-18(7-9-20)21(24)19-10-12-22(13-11-19)14-16-2-4-17(15-23)5-3-16/h2-9,15,19H,10-14H2,1H3. The van der Waals surface area contributed by atoms with Crippen molar-refractivity contribution >= 4 is 12.1 Å². The Kier molecular flexibility index (Phi) is 5.61. The molecule has 25 heavy (non-hydrogen) atoms. The second-order valence-corrected chi connectivity index (χ2v) is 6.50. The summed E-state index contributed by atoms with van der Waals surface area (Å²) in [4.78, 5) is 25.7. The zero-order valence-corrected chi connectivity index (χ0v) is 14.5. The maximum absolute atomic E-state index is 12.6. The quantitative estimate of drug-likeness (QED) is 0.597. The van der Waals surface area contributed by atoms with Crippen LogP contribution in [0.5, 0.6) is 5.75 Å². The van der Waals surface area contributed by atoms with Gasteiger partial charge in [-0.15, -0.1) is 0 Å². The molecule has 4 heteroatoms. The third-order valence-electron chi connectivity index (χ3n) is 4.85. The zero-order valence-electron chi connectivity index (χ0n) is 14.5. The molecule has 1 fully saturated rings. The molecule has 4 nitrogen and oxygen atoms in total. The van der Waals surface area contributed by atoms with Gasteiger partial charge in [0.2, 0.25) is 0 Å². The van der Waals surface area contributed by atoms with Gasteiger partial charge in [-0.3, -0.25) is 14.5 Å². The molecule has 0 spiro atoms. The molecule has 2 aromatic rings. The van der Waals surface area contributed by atoms with Crippen LogP contribution in [0.15, 0.2) is 48.5 Å². The number of aldehydes is 1. The van der Waals surface area contributed by atoms with E-state index in [9.17, 15) is 9.59 Å². The average molecular weight is 337 g/mol. The second-order valence-electron chi connectivity index (χ2n) is 6.50. The van der Waals surface area contributed by atoms with Crippen molar-refractivity contribution < 1.29 is 14.3 Å². The number of benzene rings is 2. The summed E-state index contributed by atoms with van der Waals surface area (Å²) in [6.07, 6.45) is 2.63. The molecule has 1 aliphatic rings. The summed E-state index contributed by atoms with van der Waals surface area (Å²) in [5, 5.41) is 0. The number of carbonyl (C=O) groups excluding carboxylic acids is 2. The minimum atomic E-state index is 0.0992. The van der Waals surface area contributed by atoms with E-state index in [1.54, 1.807) is 7.11 Å². The van der Waals surface area contributed by atoms with Crippen LogP contribution in [0.3, 0.4) is 0 Å². The fourth-order valence-corrected chi connectivity index (χ4v) is 3.30. The van der Waals surface area contributed by atoms with Crippen molar-refractivity contribution in [1.29, 1.82) is 0 Å². The van der Waals surface area contributed by atoms with E-state index in [-0.39, 0.29) is 11.7 Å². The van der Waals surface area contributed by atoms with Gasteiger partial charge >= 0.3 is 0 Å².